The van der Waals surface area contributed by atoms with E-state index >= 15 is 0 Å². The van der Waals surface area contributed by atoms with Crippen molar-refractivity contribution in [3.8, 4) is 0 Å². The number of benzene rings is 1. The average molecular weight is 283 g/mol. The highest BCUT2D eigenvalue weighted by Crippen LogP contribution is 2.20. The number of halogens is 2. The van der Waals surface area contributed by atoms with Crippen LogP contribution in [0.5, 0.6) is 0 Å². The minimum absolute atomic E-state index is 0.144. The van der Waals surface area contributed by atoms with Crippen molar-refractivity contribution in [2.75, 3.05) is 6.54 Å². The number of hydrogen-bond donors (Lipinski definition) is 1. The molecule has 1 aromatic heterocycles. The molecule has 0 fully saturated rings. The molecule has 2 rings (SSSR count). The third-order valence-electron chi connectivity index (χ3n) is 2.76. The summed E-state index contributed by atoms with van der Waals surface area (Å²) in [5, 5.41) is 7.55. The monoisotopic (exact) mass is 282 g/mol. The lowest BCUT2D eigenvalue weighted by molar-refractivity contribution is 0.578. The van der Waals surface area contributed by atoms with Crippen LogP contribution in [-0.2, 0) is 13.1 Å². The van der Waals surface area contributed by atoms with Gasteiger partial charge in [-0.15, -0.1) is 0 Å². The molecule has 0 saturated heterocycles. The lowest BCUT2D eigenvalue weighted by atomic mass is 10.2. The van der Waals surface area contributed by atoms with Crippen molar-refractivity contribution in [3.05, 3.63) is 46.8 Å². The first-order valence-corrected chi connectivity index (χ1v) is 6.60. The van der Waals surface area contributed by atoms with E-state index in [0.29, 0.717) is 18.7 Å². The van der Waals surface area contributed by atoms with E-state index < -0.39 is 5.82 Å². The van der Waals surface area contributed by atoms with E-state index in [4.69, 9.17) is 11.6 Å². The molecule has 4 nitrogen and oxygen atoms in total. The maximum Gasteiger partial charge on any atom is 0.142 e. The van der Waals surface area contributed by atoms with Gasteiger partial charge in [-0.05, 0) is 24.6 Å². The number of nitrogens with zero attached hydrogens (tertiary/aromatic N) is 3. The van der Waals surface area contributed by atoms with Crippen LogP contribution in [0.15, 0.2) is 24.5 Å². The molecule has 6 heteroatoms. The van der Waals surface area contributed by atoms with Gasteiger partial charge in [0.2, 0.25) is 0 Å². The Kier molecular flexibility index (Phi) is 4.87. The van der Waals surface area contributed by atoms with Crippen LogP contribution in [0.4, 0.5) is 4.39 Å². The molecule has 2 aromatic rings. The van der Waals surface area contributed by atoms with Crippen molar-refractivity contribution >= 4 is 11.6 Å². The highest BCUT2D eigenvalue weighted by atomic mass is 35.5. The summed E-state index contributed by atoms with van der Waals surface area (Å²) in [7, 11) is 0. The van der Waals surface area contributed by atoms with Crippen LogP contribution in [0.2, 0.25) is 5.02 Å². The van der Waals surface area contributed by atoms with Gasteiger partial charge < -0.3 is 5.32 Å². The van der Waals surface area contributed by atoms with Gasteiger partial charge in [0.25, 0.3) is 0 Å². The highest BCUT2D eigenvalue weighted by molar-refractivity contribution is 6.31. The molecule has 0 aliphatic heterocycles. The van der Waals surface area contributed by atoms with Gasteiger partial charge in [0.1, 0.15) is 18.0 Å². The molecule has 0 bridgehead atoms. The second-order valence-corrected chi connectivity index (χ2v) is 4.60. The average Bonchev–Trinajstić information content (AvgIpc) is 2.83. The molecule has 102 valence electrons. The van der Waals surface area contributed by atoms with Crippen LogP contribution in [0.3, 0.4) is 0 Å². The Morgan fingerprint density at radius 3 is 3.05 bits per heavy atom. The van der Waals surface area contributed by atoms with E-state index in [0.717, 1.165) is 18.8 Å². The third kappa shape index (κ3) is 3.52. The molecule has 0 spiro atoms. The van der Waals surface area contributed by atoms with Gasteiger partial charge >= 0.3 is 0 Å². The SMILES string of the molecule is CCCNCc1ncnn1Cc1cccc(F)c1Cl. The maximum atomic E-state index is 13.4. The summed E-state index contributed by atoms with van der Waals surface area (Å²) in [4.78, 5) is 4.19. The zero-order valence-electron chi connectivity index (χ0n) is 10.7. The summed E-state index contributed by atoms with van der Waals surface area (Å²) >= 11 is 5.94. The van der Waals surface area contributed by atoms with Gasteiger partial charge in [0.05, 0.1) is 18.1 Å². The summed E-state index contributed by atoms with van der Waals surface area (Å²) in [5.41, 5.74) is 0.698. The third-order valence-corrected chi connectivity index (χ3v) is 3.18. The second kappa shape index (κ2) is 6.63. The standard InChI is InChI=1S/C13H16ClFN4/c1-2-6-16-7-12-17-9-18-19(12)8-10-4-3-5-11(15)13(10)14/h3-5,9,16H,2,6-8H2,1H3. The number of hydrogen-bond acceptors (Lipinski definition) is 3. The molecule has 0 unspecified atom stereocenters. The second-order valence-electron chi connectivity index (χ2n) is 4.22. The van der Waals surface area contributed by atoms with E-state index in [1.807, 2.05) is 0 Å². The van der Waals surface area contributed by atoms with Gasteiger partial charge in [-0.2, -0.15) is 5.10 Å². The number of aromatic nitrogens is 3. The van der Waals surface area contributed by atoms with Crippen LogP contribution in [0.1, 0.15) is 24.7 Å². The highest BCUT2D eigenvalue weighted by Gasteiger charge is 2.09. The van der Waals surface area contributed by atoms with Crippen LogP contribution in [0, 0.1) is 5.82 Å². The Morgan fingerprint density at radius 1 is 1.42 bits per heavy atom. The molecule has 19 heavy (non-hydrogen) atoms. The maximum absolute atomic E-state index is 13.4. The Bertz CT molecular complexity index is 541. The molecular formula is C13H16ClFN4. The first kappa shape index (κ1) is 14.0. The fourth-order valence-corrected chi connectivity index (χ4v) is 1.95. The Labute approximate surface area is 116 Å². The van der Waals surface area contributed by atoms with E-state index in [1.165, 1.54) is 12.4 Å². The van der Waals surface area contributed by atoms with Crippen LogP contribution in [-0.4, -0.2) is 21.3 Å². The zero-order valence-corrected chi connectivity index (χ0v) is 11.5. The fourth-order valence-electron chi connectivity index (χ4n) is 1.77. The zero-order chi connectivity index (χ0) is 13.7. The van der Waals surface area contributed by atoms with Crippen molar-refractivity contribution in [2.45, 2.75) is 26.4 Å². The quantitative estimate of drug-likeness (QED) is 0.828. The Hall–Kier alpha value is -1.46. The van der Waals surface area contributed by atoms with E-state index in [9.17, 15) is 4.39 Å². The summed E-state index contributed by atoms with van der Waals surface area (Å²) < 4.78 is 15.1. The lowest BCUT2D eigenvalue weighted by Gasteiger charge is -2.08. The minimum Gasteiger partial charge on any atom is -0.310 e. The smallest absolute Gasteiger partial charge is 0.142 e. The molecule has 0 amide bonds. The van der Waals surface area contributed by atoms with Crippen molar-refractivity contribution in [3.63, 3.8) is 0 Å². The Morgan fingerprint density at radius 2 is 2.26 bits per heavy atom. The summed E-state index contributed by atoms with van der Waals surface area (Å²) in [6.07, 6.45) is 2.56. The van der Waals surface area contributed by atoms with Crippen molar-refractivity contribution < 1.29 is 4.39 Å². The van der Waals surface area contributed by atoms with Crippen molar-refractivity contribution in [1.82, 2.24) is 20.1 Å². The van der Waals surface area contributed by atoms with Crippen molar-refractivity contribution in [1.29, 1.82) is 0 Å². The number of rotatable bonds is 6. The molecule has 0 atom stereocenters. The number of nitrogens with one attached hydrogen (secondary N) is 1. The normalized spacial score (nSPS) is 10.9. The van der Waals surface area contributed by atoms with Crippen LogP contribution >= 0.6 is 11.6 Å². The van der Waals surface area contributed by atoms with E-state index in [2.05, 4.69) is 22.3 Å². The Balaban J connectivity index is 2.11. The van der Waals surface area contributed by atoms with Gasteiger partial charge in [0.15, 0.2) is 0 Å². The summed E-state index contributed by atoms with van der Waals surface area (Å²) in [6, 6.07) is 4.77. The summed E-state index contributed by atoms with van der Waals surface area (Å²) in [6.45, 7) is 4.08. The molecule has 1 aromatic carbocycles. The predicted molar refractivity (Wildman–Crippen MR) is 72.5 cm³/mol. The largest absolute Gasteiger partial charge is 0.310 e. The van der Waals surface area contributed by atoms with E-state index in [1.54, 1.807) is 16.8 Å². The topological polar surface area (TPSA) is 42.7 Å². The molecule has 1 N–H and O–H groups in total. The molecular weight excluding hydrogens is 267 g/mol. The molecule has 0 saturated carbocycles. The van der Waals surface area contributed by atoms with Gasteiger partial charge in [-0.3, -0.25) is 0 Å². The van der Waals surface area contributed by atoms with Gasteiger partial charge in [-0.1, -0.05) is 30.7 Å². The van der Waals surface area contributed by atoms with Crippen molar-refractivity contribution in [2.24, 2.45) is 0 Å². The predicted octanol–water partition coefficient (Wildman–Crippen LogP) is 2.62. The van der Waals surface area contributed by atoms with Gasteiger partial charge in [0, 0.05) is 0 Å². The van der Waals surface area contributed by atoms with E-state index in [-0.39, 0.29) is 5.02 Å². The van der Waals surface area contributed by atoms with Gasteiger partial charge in [-0.25, -0.2) is 14.1 Å². The minimum atomic E-state index is -0.412. The summed E-state index contributed by atoms with van der Waals surface area (Å²) in [5.74, 6) is 0.402. The molecule has 0 radical (unpaired) electrons. The first-order chi connectivity index (χ1) is 9.22. The fraction of sp³-hybridized carbons (Fsp3) is 0.385. The molecule has 1 heterocycles. The van der Waals surface area contributed by atoms with Crippen LogP contribution < -0.4 is 5.32 Å². The lowest BCUT2D eigenvalue weighted by Crippen LogP contribution is -2.18. The molecule has 0 aliphatic carbocycles. The first-order valence-electron chi connectivity index (χ1n) is 6.22. The molecule has 0 aliphatic rings. The van der Waals surface area contributed by atoms with Crippen LogP contribution in [0.25, 0.3) is 0 Å².